The molecule has 3 nitrogen and oxygen atoms in total. The van der Waals surface area contributed by atoms with Crippen LogP contribution in [0, 0.1) is 11.8 Å². The van der Waals surface area contributed by atoms with E-state index >= 15 is 0 Å². The number of nitrogens with two attached hydrogens (primary N) is 1. The van der Waals surface area contributed by atoms with Gasteiger partial charge >= 0.3 is 0 Å². The van der Waals surface area contributed by atoms with Crippen LogP contribution in [0.3, 0.4) is 0 Å². The number of ether oxygens (including phenoxy) is 1. The van der Waals surface area contributed by atoms with Crippen molar-refractivity contribution in [2.45, 2.75) is 12.8 Å². The molecule has 0 aliphatic carbocycles. The SMILES string of the molecule is NCCCN1CC[C@@H]2COC[C@@H]2C1. The summed E-state index contributed by atoms with van der Waals surface area (Å²) in [4.78, 5) is 2.54. The van der Waals surface area contributed by atoms with Crippen LogP contribution in [0.5, 0.6) is 0 Å². The minimum atomic E-state index is 0.812. The molecule has 2 saturated heterocycles. The first kappa shape index (κ1) is 9.44. The fraction of sp³-hybridized carbons (Fsp3) is 1.00. The second kappa shape index (κ2) is 4.40. The average Bonchev–Trinajstić information content (AvgIpc) is 2.61. The smallest absolute Gasteiger partial charge is 0.0510 e. The number of hydrogen-bond acceptors (Lipinski definition) is 3. The standard InChI is InChI=1S/C10H20N2O/c11-3-1-4-12-5-2-9-7-13-8-10(9)6-12/h9-10H,1-8,11H2/t9-,10+/m1/s1. The number of fused-ring (bicyclic) bond motifs is 1. The molecule has 0 unspecified atom stereocenters. The summed E-state index contributed by atoms with van der Waals surface area (Å²) >= 11 is 0. The van der Waals surface area contributed by atoms with Crippen LogP contribution < -0.4 is 5.73 Å². The molecule has 0 saturated carbocycles. The lowest BCUT2D eigenvalue weighted by molar-refractivity contribution is 0.146. The van der Waals surface area contributed by atoms with Crippen molar-refractivity contribution in [2.75, 3.05) is 39.4 Å². The van der Waals surface area contributed by atoms with Gasteiger partial charge in [-0.1, -0.05) is 0 Å². The van der Waals surface area contributed by atoms with Gasteiger partial charge in [-0.15, -0.1) is 0 Å². The molecule has 0 aromatic carbocycles. The van der Waals surface area contributed by atoms with E-state index in [0.29, 0.717) is 0 Å². The van der Waals surface area contributed by atoms with Crippen molar-refractivity contribution in [1.82, 2.24) is 4.90 Å². The highest BCUT2D eigenvalue weighted by molar-refractivity contribution is 4.83. The molecule has 2 heterocycles. The number of nitrogens with zero attached hydrogens (tertiary/aromatic N) is 1. The lowest BCUT2D eigenvalue weighted by Crippen LogP contribution is -2.40. The molecule has 2 N–H and O–H groups in total. The van der Waals surface area contributed by atoms with Gasteiger partial charge in [0.2, 0.25) is 0 Å². The van der Waals surface area contributed by atoms with Gasteiger partial charge in [0.15, 0.2) is 0 Å². The van der Waals surface area contributed by atoms with Crippen molar-refractivity contribution >= 4 is 0 Å². The maximum atomic E-state index is 5.50. The fourth-order valence-electron chi connectivity index (χ4n) is 2.45. The maximum absolute atomic E-state index is 5.50. The zero-order valence-electron chi connectivity index (χ0n) is 8.24. The second-order valence-electron chi connectivity index (χ2n) is 4.29. The van der Waals surface area contributed by atoms with E-state index < -0.39 is 0 Å². The van der Waals surface area contributed by atoms with Gasteiger partial charge in [0, 0.05) is 19.1 Å². The van der Waals surface area contributed by atoms with Crippen molar-refractivity contribution in [1.29, 1.82) is 0 Å². The van der Waals surface area contributed by atoms with E-state index in [1.165, 1.54) is 26.1 Å². The second-order valence-corrected chi connectivity index (χ2v) is 4.29. The maximum Gasteiger partial charge on any atom is 0.0510 e. The summed E-state index contributed by atoms with van der Waals surface area (Å²) < 4.78 is 5.49. The molecule has 0 amide bonds. The van der Waals surface area contributed by atoms with Gasteiger partial charge in [-0.3, -0.25) is 0 Å². The van der Waals surface area contributed by atoms with E-state index in [-0.39, 0.29) is 0 Å². The van der Waals surface area contributed by atoms with Crippen LogP contribution in [0.15, 0.2) is 0 Å². The number of likely N-dealkylation sites (tertiary alicyclic amines) is 1. The number of hydrogen-bond donors (Lipinski definition) is 1. The molecule has 2 rings (SSSR count). The topological polar surface area (TPSA) is 38.5 Å². The Balaban J connectivity index is 1.76. The molecule has 0 aromatic heterocycles. The molecular formula is C10H20N2O. The predicted octanol–water partition coefficient (Wildman–Crippen LogP) is 0.304. The van der Waals surface area contributed by atoms with E-state index in [9.17, 15) is 0 Å². The van der Waals surface area contributed by atoms with Crippen molar-refractivity contribution < 1.29 is 4.74 Å². The third-order valence-corrected chi connectivity index (χ3v) is 3.32. The Hall–Kier alpha value is -0.120. The Morgan fingerprint density at radius 2 is 2.15 bits per heavy atom. The van der Waals surface area contributed by atoms with Gasteiger partial charge in [-0.2, -0.15) is 0 Å². The van der Waals surface area contributed by atoms with Crippen molar-refractivity contribution in [3.63, 3.8) is 0 Å². The number of rotatable bonds is 3. The average molecular weight is 184 g/mol. The van der Waals surface area contributed by atoms with E-state index in [0.717, 1.165) is 38.0 Å². The molecule has 2 aliphatic heterocycles. The molecular weight excluding hydrogens is 164 g/mol. The van der Waals surface area contributed by atoms with Crippen LogP contribution in [0.1, 0.15) is 12.8 Å². The van der Waals surface area contributed by atoms with E-state index in [1.807, 2.05) is 0 Å². The van der Waals surface area contributed by atoms with E-state index in [1.54, 1.807) is 0 Å². The molecule has 2 atom stereocenters. The first-order valence-electron chi connectivity index (χ1n) is 5.40. The van der Waals surface area contributed by atoms with Crippen LogP contribution in [0.2, 0.25) is 0 Å². The molecule has 76 valence electrons. The summed E-state index contributed by atoms with van der Waals surface area (Å²) in [7, 11) is 0. The minimum Gasteiger partial charge on any atom is -0.381 e. The lowest BCUT2D eigenvalue weighted by atomic mass is 9.89. The zero-order chi connectivity index (χ0) is 9.10. The Morgan fingerprint density at radius 3 is 3.00 bits per heavy atom. The third-order valence-electron chi connectivity index (χ3n) is 3.32. The van der Waals surface area contributed by atoms with Gasteiger partial charge in [0.1, 0.15) is 0 Å². The lowest BCUT2D eigenvalue weighted by Gasteiger charge is -2.33. The van der Waals surface area contributed by atoms with Gasteiger partial charge in [-0.25, -0.2) is 0 Å². The van der Waals surface area contributed by atoms with Crippen LogP contribution >= 0.6 is 0 Å². The Bertz CT molecular complexity index is 163. The molecule has 0 aromatic rings. The summed E-state index contributed by atoms with van der Waals surface area (Å²) in [5.74, 6) is 1.67. The first-order chi connectivity index (χ1) is 6.40. The van der Waals surface area contributed by atoms with E-state index in [4.69, 9.17) is 10.5 Å². The molecule has 0 radical (unpaired) electrons. The van der Waals surface area contributed by atoms with Crippen molar-refractivity contribution in [2.24, 2.45) is 17.6 Å². The van der Waals surface area contributed by atoms with Crippen LogP contribution in [-0.4, -0.2) is 44.3 Å². The van der Waals surface area contributed by atoms with Gasteiger partial charge < -0.3 is 15.4 Å². The largest absolute Gasteiger partial charge is 0.381 e. The highest BCUT2D eigenvalue weighted by atomic mass is 16.5. The Kier molecular flexibility index (Phi) is 3.19. The molecule has 0 spiro atoms. The van der Waals surface area contributed by atoms with Crippen LogP contribution in [0.25, 0.3) is 0 Å². The van der Waals surface area contributed by atoms with Crippen LogP contribution in [0.4, 0.5) is 0 Å². The Labute approximate surface area is 80.2 Å². The zero-order valence-corrected chi connectivity index (χ0v) is 8.24. The molecule has 2 fully saturated rings. The summed E-state index contributed by atoms with van der Waals surface area (Å²) in [5.41, 5.74) is 5.50. The summed E-state index contributed by atoms with van der Waals surface area (Å²) in [5, 5.41) is 0. The van der Waals surface area contributed by atoms with E-state index in [2.05, 4.69) is 4.90 Å². The highest BCUT2D eigenvalue weighted by Crippen LogP contribution is 2.28. The minimum absolute atomic E-state index is 0.812. The highest BCUT2D eigenvalue weighted by Gasteiger charge is 2.33. The van der Waals surface area contributed by atoms with Gasteiger partial charge in [-0.05, 0) is 38.4 Å². The predicted molar refractivity (Wildman–Crippen MR) is 52.5 cm³/mol. The summed E-state index contributed by atoms with van der Waals surface area (Å²) in [6.07, 6.45) is 2.47. The van der Waals surface area contributed by atoms with Crippen molar-refractivity contribution in [3.05, 3.63) is 0 Å². The summed E-state index contributed by atoms with van der Waals surface area (Å²) in [6, 6.07) is 0. The molecule has 2 aliphatic rings. The quantitative estimate of drug-likeness (QED) is 0.686. The molecule has 3 heteroatoms. The van der Waals surface area contributed by atoms with Gasteiger partial charge in [0.05, 0.1) is 6.61 Å². The number of piperidine rings is 1. The van der Waals surface area contributed by atoms with Gasteiger partial charge in [0.25, 0.3) is 0 Å². The molecule has 13 heavy (non-hydrogen) atoms. The normalized spacial score (nSPS) is 34.8. The third kappa shape index (κ3) is 2.22. The monoisotopic (exact) mass is 184 g/mol. The molecule has 0 bridgehead atoms. The first-order valence-corrected chi connectivity index (χ1v) is 5.40. The Morgan fingerprint density at radius 1 is 1.31 bits per heavy atom. The van der Waals surface area contributed by atoms with Crippen LogP contribution in [-0.2, 0) is 4.74 Å². The fourth-order valence-corrected chi connectivity index (χ4v) is 2.45. The van der Waals surface area contributed by atoms with Crippen molar-refractivity contribution in [3.8, 4) is 0 Å². The summed E-state index contributed by atoms with van der Waals surface area (Å²) in [6.45, 7) is 6.50.